The number of hydrogen-bond acceptors (Lipinski definition) is 3. The van der Waals surface area contributed by atoms with Crippen LogP contribution in [0.15, 0.2) is 34.9 Å². The van der Waals surface area contributed by atoms with Gasteiger partial charge in [-0.15, -0.1) is 0 Å². The predicted octanol–water partition coefficient (Wildman–Crippen LogP) is 1.97. The first-order valence-electron chi connectivity index (χ1n) is 5.19. The van der Waals surface area contributed by atoms with Gasteiger partial charge in [0.1, 0.15) is 11.8 Å². The molecule has 0 bridgehead atoms. The molecule has 1 amide bonds. The lowest BCUT2D eigenvalue weighted by Gasteiger charge is -2.07. The van der Waals surface area contributed by atoms with Crippen LogP contribution in [-0.4, -0.2) is 12.5 Å². The van der Waals surface area contributed by atoms with Gasteiger partial charge in [0.2, 0.25) is 5.91 Å². The van der Waals surface area contributed by atoms with Crippen LogP contribution in [0.5, 0.6) is 0 Å². The van der Waals surface area contributed by atoms with Gasteiger partial charge >= 0.3 is 0 Å². The molecule has 2 aromatic rings. The van der Waals surface area contributed by atoms with Crippen molar-refractivity contribution in [3.8, 4) is 0 Å². The number of benzene rings is 1. The van der Waals surface area contributed by atoms with E-state index in [9.17, 15) is 4.79 Å². The highest BCUT2D eigenvalue weighted by Gasteiger charge is 2.13. The zero-order valence-electron chi connectivity index (χ0n) is 9.07. The Bertz CT molecular complexity index is 504. The van der Waals surface area contributed by atoms with E-state index in [4.69, 9.17) is 10.2 Å². The Kier molecular flexibility index (Phi) is 2.92. The minimum atomic E-state index is -0.200. The first kappa shape index (κ1) is 10.7. The molecule has 1 atom stereocenters. The van der Waals surface area contributed by atoms with Crippen LogP contribution in [0.2, 0.25) is 0 Å². The zero-order chi connectivity index (χ0) is 11.5. The maximum atomic E-state index is 11.7. The van der Waals surface area contributed by atoms with E-state index in [1.165, 1.54) is 0 Å². The molecule has 0 radical (unpaired) electrons. The second-order valence-electron chi connectivity index (χ2n) is 3.77. The van der Waals surface area contributed by atoms with Crippen molar-refractivity contribution >= 4 is 22.6 Å². The average Bonchev–Trinajstić information content (AvgIpc) is 2.72. The van der Waals surface area contributed by atoms with Crippen LogP contribution in [0.4, 0.5) is 5.69 Å². The van der Waals surface area contributed by atoms with Gasteiger partial charge in [-0.05, 0) is 12.1 Å². The molecule has 1 aromatic heterocycles. The normalized spacial score (nSPS) is 12.6. The van der Waals surface area contributed by atoms with E-state index < -0.39 is 0 Å². The van der Waals surface area contributed by atoms with E-state index in [0.29, 0.717) is 12.2 Å². The summed E-state index contributed by atoms with van der Waals surface area (Å²) in [6.07, 6.45) is 1.55. The Morgan fingerprint density at radius 3 is 3.00 bits per heavy atom. The number of carbonyl (C=O) groups is 1. The molecular weight excluding hydrogens is 204 g/mol. The summed E-state index contributed by atoms with van der Waals surface area (Å²) >= 11 is 0. The molecule has 0 spiro atoms. The molecule has 0 saturated heterocycles. The molecular formula is C12H14N2O2. The molecule has 3 N–H and O–H groups in total. The number of para-hydroxylation sites is 1. The van der Waals surface area contributed by atoms with Crippen LogP contribution in [0, 0.1) is 5.92 Å². The maximum Gasteiger partial charge on any atom is 0.228 e. The molecule has 1 aromatic carbocycles. The van der Waals surface area contributed by atoms with E-state index in [2.05, 4.69) is 5.32 Å². The van der Waals surface area contributed by atoms with E-state index in [1.54, 1.807) is 13.2 Å². The van der Waals surface area contributed by atoms with Crippen LogP contribution >= 0.6 is 0 Å². The summed E-state index contributed by atoms with van der Waals surface area (Å²) in [5.74, 6) is -0.289. The van der Waals surface area contributed by atoms with Gasteiger partial charge in [0.05, 0.1) is 5.69 Å². The summed E-state index contributed by atoms with van der Waals surface area (Å²) in [6.45, 7) is 2.12. The van der Waals surface area contributed by atoms with Gasteiger partial charge in [0.15, 0.2) is 0 Å². The fourth-order valence-corrected chi connectivity index (χ4v) is 1.44. The number of rotatable bonds is 3. The smallest absolute Gasteiger partial charge is 0.228 e. The van der Waals surface area contributed by atoms with Crippen LogP contribution in [0.25, 0.3) is 11.0 Å². The van der Waals surface area contributed by atoms with Gasteiger partial charge in [-0.1, -0.05) is 19.1 Å². The van der Waals surface area contributed by atoms with E-state index in [0.717, 1.165) is 11.0 Å². The third-order valence-electron chi connectivity index (χ3n) is 2.54. The van der Waals surface area contributed by atoms with Crippen molar-refractivity contribution in [1.29, 1.82) is 0 Å². The third kappa shape index (κ3) is 1.92. The number of nitrogens with two attached hydrogens (primary N) is 1. The van der Waals surface area contributed by atoms with E-state index in [-0.39, 0.29) is 11.8 Å². The Morgan fingerprint density at radius 2 is 2.25 bits per heavy atom. The second kappa shape index (κ2) is 4.37. The Hall–Kier alpha value is -1.81. The van der Waals surface area contributed by atoms with Gasteiger partial charge in [-0.2, -0.15) is 0 Å². The number of amides is 1. The molecule has 4 heteroatoms. The van der Waals surface area contributed by atoms with Crippen molar-refractivity contribution in [3.63, 3.8) is 0 Å². The first-order valence-corrected chi connectivity index (χ1v) is 5.19. The van der Waals surface area contributed by atoms with Crippen molar-refractivity contribution in [2.24, 2.45) is 11.7 Å². The summed E-state index contributed by atoms with van der Waals surface area (Å²) in [4.78, 5) is 11.7. The Labute approximate surface area is 93.4 Å². The molecule has 1 unspecified atom stereocenters. The Morgan fingerprint density at radius 1 is 1.50 bits per heavy atom. The summed E-state index contributed by atoms with van der Waals surface area (Å²) in [5, 5.41) is 3.71. The first-order chi connectivity index (χ1) is 7.72. The van der Waals surface area contributed by atoms with Crippen molar-refractivity contribution in [2.75, 3.05) is 11.9 Å². The van der Waals surface area contributed by atoms with Gasteiger partial charge in [-0.25, -0.2) is 0 Å². The molecule has 0 aliphatic heterocycles. The van der Waals surface area contributed by atoms with Crippen molar-refractivity contribution < 1.29 is 9.21 Å². The van der Waals surface area contributed by atoms with Gasteiger partial charge in [0, 0.05) is 17.8 Å². The van der Waals surface area contributed by atoms with Crippen molar-refractivity contribution in [1.82, 2.24) is 0 Å². The van der Waals surface area contributed by atoms with E-state index in [1.807, 2.05) is 24.3 Å². The maximum absolute atomic E-state index is 11.7. The van der Waals surface area contributed by atoms with Gasteiger partial charge in [0.25, 0.3) is 0 Å². The highest BCUT2D eigenvalue weighted by Crippen LogP contribution is 2.25. The average molecular weight is 218 g/mol. The van der Waals surface area contributed by atoms with Gasteiger partial charge in [-0.3, -0.25) is 4.79 Å². The Balaban J connectivity index is 2.25. The fraction of sp³-hybridized carbons (Fsp3) is 0.250. The molecule has 16 heavy (non-hydrogen) atoms. The summed E-state index contributed by atoms with van der Waals surface area (Å²) < 4.78 is 5.32. The molecule has 0 saturated carbocycles. The number of furan rings is 1. The highest BCUT2D eigenvalue weighted by molar-refractivity contribution is 6.01. The van der Waals surface area contributed by atoms with E-state index >= 15 is 0 Å². The zero-order valence-corrected chi connectivity index (χ0v) is 9.07. The quantitative estimate of drug-likeness (QED) is 0.827. The predicted molar refractivity (Wildman–Crippen MR) is 63.1 cm³/mol. The summed E-state index contributed by atoms with van der Waals surface area (Å²) in [7, 11) is 0. The van der Waals surface area contributed by atoms with Crippen LogP contribution in [0.1, 0.15) is 6.92 Å². The molecule has 0 aliphatic rings. The highest BCUT2D eigenvalue weighted by atomic mass is 16.3. The SMILES string of the molecule is CC(CN)C(=O)Nc1coc2ccccc12. The lowest BCUT2D eigenvalue weighted by atomic mass is 10.1. The monoisotopic (exact) mass is 218 g/mol. The standard InChI is InChI=1S/C12H14N2O2/c1-8(6-13)12(15)14-10-7-16-11-5-3-2-4-9(10)11/h2-5,7-8H,6,13H2,1H3,(H,14,15). The number of nitrogens with one attached hydrogen (secondary N) is 1. The van der Waals surface area contributed by atoms with Gasteiger partial charge < -0.3 is 15.5 Å². The number of hydrogen-bond donors (Lipinski definition) is 2. The third-order valence-corrected chi connectivity index (χ3v) is 2.54. The lowest BCUT2D eigenvalue weighted by Crippen LogP contribution is -2.26. The van der Waals surface area contributed by atoms with Crippen LogP contribution in [0.3, 0.4) is 0 Å². The minimum absolute atomic E-state index is 0.0888. The topological polar surface area (TPSA) is 68.3 Å². The van der Waals surface area contributed by atoms with Crippen LogP contribution < -0.4 is 11.1 Å². The van der Waals surface area contributed by atoms with Crippen molar-refractivity contribution in [2.45, 2.75) is 6.92 Å². The van der Waals surface area contributed by atoms with Crippen molar-refractivity contribution in [3.05, 3.63) is 30.5 Å². The molecule has 0 aliphatic carbocycles. The molecule has 84 valence electrons. The summed E-state index contributed by atoms with van der Waals surface area (Å²) in [5.41, 5.74) is 6.89. The minimum Gasteiger partial charge on any atom is -0.462 e. The molecule has 4 nitrogen and oxygen atoms in total. The number of anilines is 1. The number of carbonyl (C=O) groups excluding carboxylic acids is 1. The summed E-state index contributed by atoms with van der Waals surface area (Å²) in [6, 6.07) is 7.55. The molecule has 1 heterocycles. The molecule has 2 rings (SSSR count). The fourth-order valence-electron chi connectivity index (χ4n) is 1.44. The van der Waals surface area contributed by atoms with Crippen LogP contribution in [-0.2, 0) is 4.79 Å². The lowest BCUT2D eigenvalue weighted by molar-refractivity contribution is -0.119. The number of fused-ring (bicyclic) bond motifs is 1. The second-order valence-corrected chi connectivity index (χ2v) is 3.77. The largest absolute Gasteiger partial charge is 0.462 e. The molecule has 0 fully saturated rings.